The molecule has 1 saturated heterocycles. The fourth-order valence-corrected chi connectivity index (χ4v) is 3.81. The smallest absolute Gasteiger partial charge is 0.414 e. The van der Waals surface area contributed by atoms with Gasteiger partial charge < -0.3 is 14.8 Å². The van der Waals surface area contributed by atoms with Gasteiger partial charge in [0.05, 0.1) is 30.9 Å². The van der Waals surface area contributed by atoms with Crippen molar-refractivity contribution < 1.29 is 19.1 Å². The number of ether oxygens (including phenoxy) is 2. The number of rotatable bonds is 7. The Morgan fingerprint density at radius 1 is 1.27 bits per heavy atom. The van der Waals surface area contributed by atoms with Gasteiger partial charge in [-0.05, 0) is 36.3 Å². The van der Waals surface area contributed by atoms with Crippen molar-refractivity contribution in [2.45, 2.75) is 25.9 Å². The van der Waals surface area contributed by atoms with Crippen molar-refractivity contribution in [2.75, 3.05) is 25.6 Å². The lowest BCUT2D eigenvalue weighted by Crippen LogP contribution is -2.26. The van der Waals surface area contributed by atoms with Crippen LogP contribution in [0, 0.1) is 0 Å². The van der Waals surface area contributed by atoms with Crippen molar-refractivity contribution in [3.05, 3.63) is 65.4 Å². The summed E-state index contributed by atoms with van der Waals surface area (Å²) in [5.41, 5.74) is 4.50. The van der Waals surface area contributed by atoms with Crippen molar-refractivity contribution >= 4 is 34.8 Å². The number of carbonyl (C=O) groups is 2. The normalized spacial score (nSPS) is 16.1. The molecule has 0 aliphatic carbocycles. The molecule has 33 heavy (non-hydrogen) atoms. The van der Waals surface area contributed by atoms with Crippen molar-refractivity contribution in [1.82, 2.24) is 15.3 Å². The third-order valence-electron chi connectivity index (χ3n) is 5.62. The minimum Gasteiger partial charge on any atom is -0.480 e. The van der Waals surface area contributed by atoms with Gasteiger partial charge in [-0.1, -0.05) is 31.2 Å². The van der Waals surface area contributed by atoms with Crippen LogP contribution >= 0.6 is 0 Å². The molecule has 1 aliphatic rings. The molecular weight excluding hydrogens is 420 g/mol. The Labute approximate surface area is 192 Å². The highest BCUT2D eigenvalue weighted by molar-refractivity contribution is 6.00. The summed E-state index contributed by atoms with van der Waals surface area (Å²) in [6, 6.07) is 13.4. The van der Waals surface area contributed by atoms with Gasteiger partial charge in [-0.15, -0.1) is 0 Å². The molecule has 1 fully saturated rings. The van der Waals surface area contributed by atoms with Crippen molar-refractivity contribution in [3.63, 3.8) is 0 Å². The van der Waals surface area contributed by atoms with Gasteiger partial charge in [0.15, 0.2) is 0 Å². The molecule has 2 aromatic carbocycles. The van der Waals surface area contributed by atoms with E-state index in [0.29, 0.717) is 29.0 Å². The first-order valence-electron chi connectivity index (χ1n) is 10.8. The first-order chi connectivity index (χ1) is 16.0. The highest BCUT2D eigenvalue weighted by Gasteiger charge is 2.33. The molecule has 1 N–H and O–H groups in total. The number of benzene rings is 2. The minimum atomic E-state index is -0.456. The molecule has 0 saturated carbocycles. The number of nitrogens with one attached hydrogen (secondary N) is 1. The van der Waals surface area contributed by atoms with E-state index in [9.17, 15) is 9.59 Å². The van der Waals surface area contributed by atoms with Crippen LogP contribution in [0.25, 0.3) is 17.1 Å². The number of anilines is 1. The van der Waals surface area contributed by atoms with Crippen molar-refractivity contribution in [2.24, 2.45) is 0 Å². The second kappa shape index (κ2) is 9.68. The van der Waals surface area contributed by atoms with E-state index in [1.807, 2.05) is 42.5 Å². The predicted octanol–water partition coefficient (Wildman–Crippen LogP) is 3.75. The zero-order valence-corrected chi connectivity index (χ0v) is 18.9. The quantitative estimate of drug-likeness (QED) is 0.556. The number of methoxy groups -OCH3 is 1. The van der Waals surface area contributed by atoms with E-state index in [0.717, 1.165) is 17.7 Å². The summed E-state index contributed by atoms with van der Waals surface area (Å²) in [4.78, 5) is 35.6. The predicted molar refractivity (Wildman–Crippen MR) is 126 cm³/mol. The number of para-hydroxylation sites is 1. The summed E-state index contributed by atoms with van der Waals surface area (Å²) in [5.74, 6) is 0.143. The average molecular weight is 447 g/mol. The van der Waals surface area contributed by atoms with Gasteiger partial charge in [-0.3, -0.25) is 9.69 Å². The van der Waals surface area contributed by atoms with Gasteiger partial charge >= 0.3 is 6.09 Å². The summed E-state index contributed by atoms with van der Waals surface area (Å²) in [7, 11) is 3.10. The average Bonchev–Trinajstić information content (AvgIpc) is 3.22. The number of fused-ring (bicyclic) bond motifs is 1. The molecule has 1 aliphatic heterocycles. The number of cyclic esters (lactones) is 1. The molecule has 3 aromatic rings. The molecule has 8 nitrogen and oxygen atoms in total. The summed E-state index contributed by atoms with van der Waals surface area (Å²) in [6.45, 7) is 2.45. The molecule has 0 bridgehead atoms. The lowest BCUT2D eigenvalue weighted by atomic mass is 10.0. The molecular formula is C25H26N4O4. The highest BCUT2D eigenvalue weighted by Crippen LogP contribution is 2.27. The standard InChI is InChI=1S/C25H26N4O4/c1-4-16-8-10-19(11-9-16)29-15-20(33-25(29)31)13-18(24(30)26-2)12-17-6-5-7-21-23(17)28-22(32-3)14-27-21/h5-12,14,20H,4,13,15H2,1-3H3,(H,26,30)/t20-/m0/s1. The fraction of sp³-hybridized carbons (Fsp3) is 0.280. The molecule has 0 radical (unpaired) electrons. The number of nitrogens with zero attached hydrogens (tertiary/aromatic N) is 3. The molecule has 1 aromatic heterocycles. The number of likely N-dealkylation sites (N-methyl/N-ethyl adjacent to an activating group) is 1. The lowest BCUT2D eigenvalue weighted by molar-refractivity contribution is -0.117. The summed E-state index contributed by atoms with van der Waals surface area (Å²) in [5, 5.41) is 2.67. The first-order valence-corrected chi connectivity index (χ1v) is 10.8. The number of carbonyl (C=O) groups excluding carboxylic acids is 2. The molecule has 4 rings (SSSR count). The van der Waals surface area contributed by atoms with Crippen LogP contribution in [0.15, 0.2) is 54.2 Å². The number of hydrogen-bond acceptors (Lipinski definition) is 6. The van der Waals surface area contributed by atoms with Crippen LogP contribution < -0.4 is 15.0 Å². The summed E-state index contributed by atoms with van der Waals surface area (Å²) in [6.07, 6.45) is 3.64. The minimum absolute atomic E-state index is 0.246. The molecule has 2 heterocycles. The fourth-order valence-electron chi connectivity index (χ4n) is 3.81. The van der Waals surface area contributed by atoms with Crippen LogP contribution in [0.3, 0.4) is 0 Å². The summed E-state index contributed by atoms with van der Waals surface area (Å²) < 4.78 is 10.8. The lowest BCUT2D eigenvalue weighted by Gasteiger charge is -2.14. The van der Waals surface area contributed by atoms with E-state index in [1.165, 1.54) is 12.7 Å². The van der Waals surface area contributed by atoms with Crippen LogP contribution in [0.5, 0.6) is 5.88 Å². The van der Waals surface area contributed by atoms with E-state index >= 15 is 0 Å². The van der Waals surface area contributed by atoms with Gasteiger partial charge in [-0.25, -0.2) is 14.8 Å². The van der Waals surface area contributed by atoms with Crippen molar-refractivity contribution in [3.8, 4) is 5.88 Å². The van der Waals surface area contributed by atoms with E-state index in [1.54, 1.807) is 24.2 Å². The second-order valence-corrected chi connectivity index (χ2v) is 7.72. The molecule has 0 spiro atoms. The largest absolute Gasteiger partial charge is 0.480 e. The van der Waals surface area contributed by atoms with Gasteiger partial charge in [0.2, 0.25) is 11.8 Å². The molecule has 1 atom stereocenters. The van der Waals surface area contributed by atoms with Crippen LogP contribution in [0.4, 0.5) is 10.5 Å². The topological polar surface area (TPSA) is 93.7 Å². The van der Waals surface area contributed by atoms with Gasteiger partial charge in [0.25, 0.3) is 0 Å². The Hall–Kier alpha value is -3.94. The zero-order chi connectivity index (χ0) is 23.4. The van der Waals surface area contributed by atoms with E-state index in [-0.39, 0.29) is 12.3 Å². The molecule has 8 heteroatoms. The van der Waals surface area contributed by atoms with Crippen LogP contribution in [0.1, 0.15) is 24.5 Å². The van der Waals surface area contributed by atoms with Crippen LogP contribution in [-0.4, -0.2) is 48.8 Å². The monoisotopic (exact) mass is 446 g/mol. The van der Waals surface area contributed by atoms with Gasteiger partial charge in [0, 0.05) is 30.3 Å². The Morgan fingerprint density at radius 2 is 2.06 bits per heavy atom. The Balaban J connectivity index is 1.60. The Morgan fingerprint density at radius 3 is 2.76 bits per heavy atom. The number of hydrogen-bond donors (Lipinski definition) is 1. The third-order valence-corrected chi connectivity index (χ3v) is 5.62. The maximum absolute atomic E-state index is 12.7. The van der Waals surface area contributed by atoms with Crippen LogP contribution in [-0.2, 0) is 16.0 Å². The number of aryl methyl sites for hydroxylation is 1. The zero-order valence-electron chi connectivity index (χ0n) is 18.9. The van der Waals surface area contributed by atoms with E-state index in [2.05, 4.69) is 22.2 Å². The molecule has 170 valence electrons. The number of aromatic nitrogens is 2. The van der Waals surface area contributed by atoms with Crippen LogP contribution in [0.2, 0.25) is 0 Å². The van der Waals surface area contributed by atoms with Crippen molar-refractivity contribution in [1.29, 1.82) is 0 Å². The maximum atomic E-state index is 12.7. The second-order valence-electron chi connectivity index (χ2n) is 7.72. The van der Waals surface area contributed by atoms with E-state index in [4.69, 9.17) is 9.47 Å². The maximum Gasteiger partial charge on any atom is 0.414 e. The van der Waals surface area contributed by atoms with Gasteiger partial charge in [-0.2, -0.15) is 0 Å². The summed E-state index contributed by atoms with van der Waals surface area (Å²) >= 11 is 0. The third kappa shape index (κ3) is 4.79. The number of amides is 2. The highest BCUT2D eigenvalue weighted by atomic mass is 16.6. The van der Waals surface area contributed by atoms with Gasteiger partial charge in [0.1, 0.15) is 6.10 Å². The Kier molecular flexibility index (Phi) is 6.53. The SMILES string of the molecule is CCc1ccc(N2C[C@H](CC(=Cc3cccc4ncc(OC)nc34)C(=O)NC)OC2=O)cc1. The molecule has 0 unspecified atom stereocenters. The first kappa shape index (κ1) is 22.3. The molecule has 2 amide bonds. The Bertz CT molecular complexity index is 1210. The van der Waals surface area contributed by atoms with E-state index < -0.39 is 12.2 Å².